The lowest BCUT2D eigenvalue weighted by Crippen LogP contribution is -2.38. The van der Waals surface area contributed by atoms with E-state index in [-0.39, 0.29) is 17.6 Å². The highest BCUT2D eigenvalue weighted by atomic mass is 32.2. The van der Waals surface area contributed by atoms with E-state index in [4.69, 9.17) is 9.84 Å². The van der Waals surface area contributed by atoms with Gasteiger partial charge in [-0.15, -0.1) is 0 Å². The lowest BCUT2D eigenvalue weighted by molar-refractivity contribution is 0.182. The van der Waals surface area contributed by atoms with Gasteiger partial charge in [0.15, 0.2) is 5.65 Å². The second kappa shape index (κ2) is 7.14. The standard InChI is InChI=1S/C19H20N6O2S/c1-11-21-18-13(3-2-5-20-18)19(22-11)23-15-8-27-9-16(15)25-17(26)7-12-10-28-6-4-14(12)24-25/h2-3,5,7,15-16H,4,6,8-10H2,1H3,(H,20,21,22,23). The molecule has 2 aliphatic rings. The summed E-state index contributed by atoms with van der Waals surface area (Å²) in [6, 6.07) is 5.24. The molecule has 0 radical (unpaired) electrons. The molecule has 0 bridgehead atoms. The highest BCUT2D eigenvalue weighted by molar-refractivity contribution is 7.98. The summed E-state index contributed by atoms with van der Waals surface area (Å²) in [6.45, 7) is 2.77. The molecule has 3 aromatic heterocycles. The smallest absolute Gasteiger partial charge is 0.267 e. The van der Waals surface area contributed by atoms with Crippen LogP contribution in [0.1, 0.15) is 23.1 Å². The van der Waals surface area contributed by atoms with Gasteiger partial charge in [0, 0.05) is 24.4 Å². The van der Waals surface area contributed by atoms with Crippen LogP contribution in [0.3, 0.4) is 0 Å². The van der Waals surface area contributed by atoms with E-state index in [9.17, 15) is 4.79 Å². The van der Waals surface area contributed by atoms with Crippen molar-refractivity contribution in [2.45, 2.75) is 31.2 Å². The number of pyridine rings is 1. The summed E-state index contributed by atoms with van der Waals surface area (Å²) in [5.41, 5.74) is 2.66. The number of rotatable bonds is 3. The van der Waals surface area contributed by atoms with Gasteiger partial charge in [0.05, 0.1) is 30.3 Å². The second-order valence-electron chi connectivity index (χ2n) is 7.05. The van der Waals surface area contributed by atoms with E-state index >= 15 is 0 Å². The Hall–Kier alpha value is -2.52. The van der Waals surface area contributed by atoms with Crippen molar-refractivity contribution in [2.75, 3.05) is 24.3 Å². The fourth-order valence-corrected chi connectivity index (χ4v) is 4.70. The maximum absolute atomic E-state index is 12.7. The number of anilines is 1. The second-order valence-corrected chi connectivity index (χ2v) is 8.16. The van der Waals surface area contributed by atoms with Gasteiger partial charge in [-0.1, -0.05) is 0 Å². The largest absolute Gasteiger partial charge is 0.377 e. The molecule has 2 atom stereocenters. The SMILES string of the molecule is Cc1nc(NC2COCC2n2nc3c(cc2=O)CSCC3)c2cccnc2n1. The molecule has 2 aliphatic heterocycles. The van der Waals surface area contributed by atoms with Crippen molar-refractivity contribution in [3.05, 3.63) is 51.8 Å². The van der Waals surface area contributed by atoms with E-state index in [1.807, 2.05) is 30.8 Å². The third-order valence-electron chi connectivity index (χ3n) is 5.13. The van der Waals surface area contributed by atoms with Gasteiger partial charge >= 0.3 is 0 Å². The van der Waals surface area contributed by atoms with E-state index in [1.54, 1.807) is 16.9 Å². The number of fused-ring (bicyclic) bond motifs is 2. The van der Waals surface area contributed by atoms with Crippen LogP contribution in [0.5, 0.6) is 0 Å². The first-order valence-corrected chi connectivity index (χ1v) is 10.5. The molecule has 5 rings (SSSR count). The van der Waals surface area contributed by atoms with Gasteiger partial charge < -0.3 is 10.1 Å². The lowest BCUT2D eigenvalue weighted by atomic mass is 10.1. The van der Waals surface area contributed by atoms with Crippen LogP contribution in [0.25, 0.3) is 11.0 Å². The van der Waals surface area contributed by atoms with Crippen molar-refractivity contribution in [1.82, 2.24) is 24.7 Å². The molecule has 0 aliphatic carbocycles. The molecule has 1 saturated heterocycles. The fourth-order valence-electron chi connectivity index (χ4n) is 3.74. The van der Waals surface area contributed by atoms with Gasteiger partial charge in [0.25, 0.3) is 5.56 Å². The Balaban J connectivity index is 1.50. The molecular formula is C19H20N6O2S. The molecule has 1 fully saturated rings. The summed E-state index contributed by atoms with van der Waals surface area (Å²) >= 11 is 1.84. The van der Waals surface area contributed by atoms with Crippen molar-refractivity contribution in [3.8, 4) is 0 Å². The average Bonchev–Trinajstić information content (AvgIpc) is 3.15. The normalized spacial score (nSPS) is 21.6. The Morgan fingerprint density at radius 2 is 2.25 bits per heavy atom. The molecule has 2 unspecified atom stereocenters. The third kappa shape index (κ3) is 3.14. The Morgan fingerprint density at radius 3 is 3.18 bits per heavy atom. The predicted octanol–water partition coefficient (Wildman–Crippen LogP) is 1.73. The highest BCUT2D eigenvalue weighted by Gasteiger charge is 2.33. The molecule has 9 heteroatoms. The van der Waals surface area contributed by atoms with Crippen molar-refractivity contribution in [2.24, 2.45) is 0 Å². The summed E-state index contributed by atoms with van der Waals surface area (Å²) in [7, 11) is 0. The number of ether oxygens (including phenoxy) is 1. The molecule has 0 spiro atoms. The third-order valence-corrected chi connectivity index (χ3v) is 6.14. The monoisotopic (exact) mass is 396 g/mol. The fraction of sp³-hybridized carbons (Fsp3) is 0.421. The zero-order valence-corrected chi connectivity index (χ0v) is 16.3. The van der Waals surface area contributed by atoms with Crippen molar-refractivity contribution >= 4 is 28.6 Å². The summed E-state index contributed by atoms with van der Waals surface area (Å²) < 4.78 is 7.30. The topological polar surface area (TPSA) is 94.8 Å². The van der Waals surface area contributed by atoms with Crippen molar-refractivity contribution < 1.29 is 4.74 Å². The number of nitrogens with one attached hydrogen (secondary N) is 1. The lowest BCUT2D eigenvalue weighted by Gasteiger charge is -2.23. The number of hydrogen-bond acceptors (Lipinski definition) is 8. The zero-order chi connectivity index (χ0) is 19.1. The molecule has 5 heterocycles. The van der Waals surface area contributed by atoms with Crippen LogP contribution in [-0.2, 0) is 16.9 Å². The summed E-state index contributed by atoms with van der Waals surface area (Å²) in [5, 5.41) is 9.00. The Bertz CT molecular complexity index is 1100. The Labute approximate surface area is 165 Å². The molecule has 144 valence electrons. The van der Waals surface area contributed by atoms with Crippen LogP contribution in [0.4, 0.5) is 5.82 Å². The average molecular weight is 396 g/mol. The first kappa shape index (κ1) is 17.6. The minimum absolute atomic E-state index is 0.0751. The van der Waals surface area contributed by atoms with Crippen LogP contribution in [0.2, 0.25) is 0 Å². The Kier molecular flexibility index (Phi) is 4.48. The quantitative estimate of drug-likeness (QED) is 0.715. The van der Waals surface area contributed by atoms with E-state index in [0.717, 1.165) is 34.6 Å². The van der Waals surface area contributed by atoms with E-state index < -0.39 is 0 Å². The molecule has 8 nitrogen and oxygen atoms in total. The summed E-state index contributed by atoms with van der Waals surface area (Å²) in [4.78, 5) is 26.0. The maximum Gasteiger partial charge on any atom is 0.267 e. The molecule has 28 heavy (non-hydrogen) atoms. The van der Waals surface area contributed by atoms with Crippen LogP contribution in [0.15, 0.2) is 29.2 Å². The summed E-state index contributed by atoms with van der Waals surface area (Å²) in [5.74, 6) is 3.25. The van der Waals surface area contributed by atoms with Gasteiger partial charge in [-0.05, 0) is 30.4 Å². The minimum atomic E-state index is -0.186. The van der Waals surface area contributed by atoms with Crippen molar-refractivity contribution in [1.29, 1.82) is 0 Å². The summed E-state index contributed by atoms with van der Waals surface area (Å²) in [6.07, 6.45) is 2.61. The maximum atomic E-state index is 12.7. The number of thioether (sulfide) groups is 1. The molecule has 1 N–H and O–H groups in total. The molecule has 0 saturated carbocycles. The van der Waals surface area contributed by atoms with Gasteiger partial charge in [-0.3, -0.25) is 4.79 Å². The zero-order valence-electron chi connectivity index (χ0n) is 15.5. The first-order valence-electron chi connectivity index (χ1n) is 9.32. The molecule has 0 aromatic carbocycles. The van der Waals surface area contributed by atoms with Crippen LogP contribution in [0, 0.1) is 6.92 Å². The number of aromatic nitrogens is 5. The van der Waals surface area contributed by atoms with Crippen LogP contribution in [-0.4, -0.2) is 49.7 Å². The number of aryl methyl sites for hydroxylation is 2. The van der Waals surface area contributed by atoms with E-state index in [0.29, 0.717) is 30.5 Å². The first-order chi connectivity index (χ1) is 13.7. The molecular weight excluding hydrogens is 376 g/mol. The van der Waals surface area contributed by atoms with Gasteiger partial charge in [-0.25, -0.2) is 19.6 Å². The molecule has 3 aromatic rings. The highest BCUT2D eigenvalue weighted by Crippen LogP contribution is 2.26. The number of hydrogen-bond donors (Lipinski definition) is 1. The van der Waals surface area contributed by atoms with E-state index in [1.165, 1.54) is 0 Å². The van der Waals surface area contributed by atoms with Gasteiger partial charge in [0.1, 0.15) is 17.7 Å². The van der Waals surface area contributed by atoms with Crippen LogP contribution >= 0.6 is 11.8 Å². The van der Waals surface area contributed by atoms with Gasteiger partial charge in [0.2, 0.25) is 0 Å². The van der Waals surface area contributed by atoms with Crippen LogP contribution < -0.4 is 10.9 Å². The minimum Gasteiger partial charge on any atom is -0.377 e. The van der Waals surface area contributed by atoms with E-state index in [2.05, 4.69) is 20.3 Å². The number of nitrogens with zero attached hydrogens (tertiary/aromatic N) is 5. The molecule has 0 amide bonds. The Morgan fingerprint density at radius 1 is 1.32 bits per heavy atom. The van der Waals surface area contributed by atoms with Gasteiger partial charge in [-0.2, -0.15) is 16.9 Å². The van der Waals surface area contributed by atoms with Crippen molar-refractivity contribution in [3.63, 3.8) is 0 Å². The predicted molar refractivity (Wildman–Crippen MR) is 108 cm³/mol.